The van der Waals surface area contributed by atoms with E-state index in [1.807, 2.05) is 91.1 Å². The highest BCUT2D eigenvalue weighted by Crippen LogP contribution is 2.25. The zero-order valence-corrected chi connectivity index (χ0v) is 27.0. The second kappa shape index (κ2) is 14.1. The molecular formula is C38H37N7O4. The lowest BCUT2D eigenvalue weighted by Crippen LogP contribution is -2.43. The van der Waals surface area contributed by atoms with Crippen LogP contribution in [0.5, 0.6) is 0 Å². The van der Waals surface area contributed by atoms with E-state index in [2.05, 4.69) is 20.6 Å². The molecule has 11 nitrogen and oxygen atoms in total. The maximum Gasteiger partial charge on any atom is 0.247 e. The van der Waals surface area contributed by atoms with Crippen LogP contribution in [0, 0.1) is 0 Å². The molecule has 4 heterocycles. The number of carbonyl (C=O) groups excluding carboxylic acids is 4. The van der Waals surface area contributed by atoms with Crippen LogP contribution in [0.15, 0.2) is 104 Å². The Labute approximate surface area is 284 Å². The van der Waals surface area contributed by atoms with Gasteiger partial charge in [0.15, 0.2) is 0 Å². The molecular weight excluding hydrogens is 618 g/mol. The van der Waals surface area contributed by atoms with Crippen LogP contribution in [0.3, 0.4) is 0 Å². The first-order chi connectivity index (χ1) is 23.9. The predicted molar refractivity (Wildman–Crippen MR) is 185 cm³/mol. The van der Waals surface area contributed by atoms with Gasteiger partial charge in [-0.25, -0.2) is 9.97 Å². The van der Waals surface area contributed by atoms with Gasteiger partial charge < -0.3 is 20.4 Å². The molecule has 2 aromatic heterocycles. The van der Waals surface area contributed by atoms with Crippen molar-refractivity contribution in [3.8, 4) is 11.3 Å². The number of nitrogens with zero attached hydrogens (tertiary/aromatic N) is 5. The summed E-state index contributed by atoms with van der Waals surface area (Å²) in [6, 6.07) is 25.5. The summed E-state index contributed by atoms with van der Waals surface area (Å²) in [6.45, 7) is 1.13. The topological polar surface area (TPSA) is 129 Å². The minimum Gasteiger partial charge on any atom is -0.330 e. The Morgan fingerprint density at radius 3 is 1.73 bits per heavy atom. The zero-order chi connectivity index (χ0) is 33.7. The lowest BCUT2D eigenvalue weighted by molar-refractivity contribution is -0.136. The fourth-order valence-electron chi connectivity index (χ4n) is 6.68. The molecule has 1 unspecified atom stereocenters. The summed E-state index contributed by atoms with van der Waals surface area (Å²) in [6.07, 6.45) is 8.48. The number of hydrogen-bond acceptors (Lipinski definition) is 6. The molecule has 4 amide bonds. The minimum atomic E-state index is -0.532. The molecule has 3 aromatic carbocycles. The van der Waals surface area contributed by atoms with Crippen LogP contribution in [0.25, 0.3) is 17.0 Å². The maximum absolute atomic E-state index is 13.3. The van der Waals surface area contributed by atoms with Gasteiger partial charge in [0.1, 0.15) is 12.1 Å². The number of anilines is 2. The van der Waals surface area contributed by atoms with Crippen molar-refractivity contribution in [1.82, 2.24) is 24.2 Å². The van der Waals surface area contributed by atoms with Crippen molar-refractivity contribution < 1.29 is 19.2 Å². The summed E-state index contributed by atoms with van der Waals surface area (Å²) >= 11 is 0. The SMILES string of the molecule is O=C(Nc1ccc(-c2cn3cc(NC(=O)[C@@H]4CCCN4C(=O)Cc4ccccc4)cnc3n2)cc1)C1CCCN1C(=O)Cc1ccccc1. The second-order valence-corrected chi connectivity index (χ2v) is 12.5. The molecule has 7 rings (SSSR count). The standard InChI is InChI=1S/C38H37N7O4/c46-34(21-26-9-3-1-4-10-26)44-19-7-13-32(44)36(48)40-29-17-15-28(16-18-29)31-25-43-24-30(23-39-38(43)42-31)41-37(49)33-14-8-20-45(33)35(47)22-27-11-5-2-6-12-27/h1-6,9-12,15-18,23-25,32-33H,7-8,13-14,19-22H2,(H,40,48)(H,41,49)/t32?,33-/m0/s1. The third-order valence-corrected chi connectivity index (χ3v) is 9.17. The van der Waals surface area contributed by atoms with Gasteiger partial charge in [0.25, 0.3) is 0 Å². The number of amides is 4. The van der Waals surface area contributed by atoms with Crippen molar-refractivity contribution in [2.75, 3.05) is 23.7 Å². The molecule has 2 N–H and O–H groups in total. The lowest BCUT2D eigenvalue weighted by Gasteiger charge is -2.24. The Kier molecular flexibility index (Phi) is 9.14. The Morgan fingerprint density at radius 2 is 1.18 bits per heavy atom. The Morgan fingerprint density at radius 1 is 0.653 bits per heavy atom. The monoisotopic (exact) mass is 655 g/mol. The maximum atomic E-state index is 13.3. The highest BCUT2D eigenvalue weighted by Gasteiger charge is 2.35. The van der Waals surface area contributed by atoms with Gasteiger partial charge in [-0.15, -0.1) is 0 Å². The van der Waals surface area contributed by atoms with Gasteiger partial charge in [-0.1, -0.05) is 72.8 Å². The molecule has 49 heavy (non-hydrogen) atoms. The van der Waals surface area contributed by atoms with E-state index >= 15 is 0 Å². The lowest BCUT2D eigenvalue weighted by atomic mass is 10.1. The Hall–Kier alpha value is -5.84. The van der Waals surface area contributed by atoms with Crippen LogP contribution in [0.1, 0.15) is 36.8 Å². The first-order valence-electron chi connectivity index (χ1n) is 16.6. The molecule has 11 heteroatoms. The number of fused-ring (bicyclic) bond motifs is 1. The zero-order valence-electron chi connectivity index (χ0n) is 27.0. The smallest absolute Gasteiger partial charge is 0.247 e. The molecule has 2 aliphatic heterocycles. The van der Waals surface area contributed by atoms with E-state index in [-0.39, 0.29) is 36.5 Å². The predicted octanol–water partition coefficient (Wildman–Crippen LogP) is 4.74. The Bertz CT molecular complexity index is 1980. The summed E-state index contributed by atoms with van der Waals surface area (Å²) in [5.41, 5.74) is 4.49. The van der Waals surface area contributed by atoms with Crippen molar-refractivity contribution in [3.63, 3.8) is 0 Å². The summed E-state index contributed by atoms with van der Waals surface area (Å²) in [5, 5.41) is 5.91. The van der Waals surface area contributed by atoms with Gasteiger partial charge in [-0.05, 0) is 48.9 Å². The third kappa shape index (κ3) is 7.20. The second-order valence-electron chi connectivity index (χ2n) is 12.5. The Balaban J connectivity index is 0.967. The van der Waals surface area contributed by atoms with Crippen LogP contribution >= 0.6 is 0 Å². The molecule has 0 saturated carbocycles. The molecule has 0 aliphatic carbocycles. The van der Waals surface area contributed by atoms with E-state index < -0.39 is 12.1 Å². The van der Waals surface area contributed by atoms with E-state index in [4.69, 9.17) is 0 Å². The number of carbonyl (C=O) groups is 4. The molecule has 2 aliphatic rings. The van der Waals surface area contributed by atoms with Crippen molar-refractivity contribution in [2.45, 2.75) is 50.6 Å². The fraction of sp³-hybridized carbons (Fsp3) is 0.263. The van der Waals surface area contributed by atoms with Crippen molar-refractivity contribution in [3.05, 3.63) is 115 Å². The molecule has 248 valence electrons. The van der Waals surface area contributed by atoms with Crippen LogP contribution < -0.4 is 10.6 Å². The highest BCUT2D eigenvalue weighted by atomic mass is 16.2. The van der Waals surface area contributed by atoms with E-state index in [9.17, 15) is 19.2 Å². The van der Waals surface area contributed by atoms with Gasteiger partial charge in [-0.3, -0.25) is 23.6 Å². The average Bonchev–Trinajstić information content (AvgIpc) is 3.90. The molecule has 2 saturated heterocycles. The van der Waals surface area contributed by atoms with Gasteiger partial charge in [0.05, 0.1) is 30.4 Å². The van der Waals surface area contributed by atoms with Crippen molar-refractivity contribution >= 4 is 40.8 Å². The summed E-state index contributed by atoms with van der Waals surface area (Å²) in [5.74, 6) is -0.0697. The number of likely N-dealkylation sites (tertiary alicyclic amines) is 2. The molecule has 5 aromatic rings. The number of rotatable bonds is 9. The van der Waals surface area contributed by atoms with Crippen molar-refractivity contribution in [2.24, 2.45) is 0 Å². The van der Waals surface area contributed by atoms with Gasteiger partial charge in [0.2, 0.25) is 29.4 Å². The third-order valence-electron chi connectivity index (χ3n) is 9.17. The fourth-order valence-corrected chi connectivity index (χ4v) is 6.68. The van der Waals surface area contributed by atoms with Crippen molar-refractivity contribution in [1.29, 1.82) is 0 Å². The quantitative estimate of drug-likeness (QED) is 0.236. The summed E-state index contributed by atoms with van der Waals surface area (Å²) < 4.78 is 1.74. The van der Waals surface area contributed by atoms with E-state index in [1.54, 1.807) is 26.6 Å². The first-order valence-corrected chi connectivity index (χ1v) is 16.6. The molecule has 2 fully saturated rings. The van der Waals surface area contributed by atoms with E-state index in [0.29, 0.717) is 48.8 Å². The van der Waals surface area contributed by atoms with Gasteiger partial charge >= 0.3 is 0 Å². The van der Waals surface area contributed by atoms with Gasteiger partial charge in [0, 0.05) is 36.7 Å². The first kappa shape index (κ1) is 31.7. The number of nitrogens with one attached hydrogen (secondary N) is 2. The number of benzene rings is 3. The van der Waals surface area contributed by atoms with Crippen LogP contribution in [0.4, 0.5) is 11.4 Å². The van der Waals surface area contributed by atoms with Crippen LogP contribution in [-0.4, -0.2) is 73.0 Å². The normalized spacial score (nSPS) is 17.3. The number of imidazole rings is 1. The molecule has 0 spiro atoms. The minimum absolute atomic E-state index is 0.0446. The number of aromatic nitrogens is 3. The molecule has 0 bridgehead atoms. The van der Waals surface area contributed by atoms with E-state index in [0.717, 1.165) is 29.5 Å². The highest BCUT2D eigenvalue weighted by molar-refractivity contribution is 5.98. The van der Waals surface area contributed by atoms with Crippen LogP contribution in [-0.2, 0) is 32.0 Å². The summed E-state index contributed by atoms with van der Waals surface area (Å²) in [4.78, 5) is 64.9. The van der Waals surface area contributed by atoms with Crippen LogP contribution in [0.2, 0.25) is 0 Å². The average molecular weight is 656 g/mol. The van der Waals surface area contributed by atoms with E-state index in [1.165, 1.54) is 0 Å². The molecule has 0 radical (unpaired) electrons. The largest absolute Gasteiger partial charge is 0.330 e. The number of hydrogen-bond donors (Lipinski definition) is 2. The van der Waals surface area contributed by atoms with Gasteiger partial charge in [-0.2, -0.15) is 0 Å². The molecule has 2 atom stereocenters. The summed E-state index contributed by atoms with van der Waals surface area (Å²) in [7, 11) is 0.